The van der Waals surface area contributed by atoms with Gasteiger partial charge in [0.1, 0.15) is 0 Å². The Morgan fingerprint density at radius 2 is 2.47 bits per heavy atom. The van der Waals surface area contributed by atoms with Crippen LogP contribution in [0.15, 0.2) is 6.20 Å². The predicted molar refractivity (Wildman–Crippen MR) is 56.5 cm³/mol. The third-order valence-electron chi connectivity index (χ3n) is 2.35. The quantitative estimate of drug-likeness (QED) is 0.755. The molecule has 1 aromatic heterocycles. The minimum absolute atomic E-state index is 0.0580. The van der Waals surface area contributed by atoms with Crippen LogP contribution in [-0.2, 0) is 0 Å². The number of piperidine rings is 1. The van der Waals surface area contributed by atoms with Gasteiger partial charge in [0, 0.05) is 12.6 Å². The van der Waals surface area contributed by atoms with E-state index in [0.717, 1.165) is 32.1 Å². The first-order chi connectivity index (χ1) is 7.25. The van der Waals surface area contributed by atoms with E-state index in [-0.39, 0.29) is 17.1 Å². The van der Waals surface area contributed by atoms with Crippen LogP contribution >= 0.6 is 11.6 Å². The van der Waals surface area contributed by atoms with Crippen LogP contribution in [0.25, 0.3) is 0 Å². The van der Waals surface area contributed by atoms with E-state index in [2.05, 4.69) is 20.6 Å². The molecule has 6 heteroatoms. The highest BCUT2D eigenvalue weighted by Gasteiger charge is 2.15. The normalized spacial score (nSPS) is 21.3. The zero-order valence-electron chi connectivity index (χ0n) is 8.13. The van der Waals surface area contributed by atoms with Crippen molar-refractivity contribution in [3.8, 4) is 0 Å². The molecule has 82 valence electrons. The lowest BCUT2D eigenvalue weighted by Gasteiger charge is -2.24. The van der Waals surface area contributed by atoms with Gasteiger partial charge in [-0.25, -0.2) is 9.37 Å². The molecule has 15 heavy (non-hydrogen) atoms. The van der Waals surface area contributed by atoms with E-state index >= 15 is 0 Å². The zero-order valence-corrected chi connectivity index (χ0v) is 8.89. The lowest BCUT2D eigenvalue weighted by atomic mass is 10.1. The second-order valence-electron chi connectivity index (χ2n) is 3.52. The number of hydrogen-bond acceptors (Lipinski definition) is 4. The van der Waals surface area contributed by atoms with Gasteiger partial charge in [0.15, 0.2) is 11.6 Å². The van der Waals surface area contributed by atoms with Crippen molar-refractivity contribution in [1.29, 1.82) is 0 Å². The van der Waals surface area contributed by atoms with E-state index in [1.165, 1.54) is 0 Å². The number of hydrogen-bond donors (Lipinski definition) is 2. The Hall–Kier alpha value is -0.940. The molecule has 1 aromatic rings. The van der Waals surface area contributed by atoms with Crippen LogP contribution in [0.3, 0.4) is 0 Å². The maximum atomic E-state index is 13.3. The van der Waals surface area contributed by atoms with Crippen LogP contribution in [-0.4, -0.2) is 29.1 Å². The van der Waals surface area contributed by atoms with Crippen LogP contribution in [0.1, 0.15) is 12.8 Å². The Morgan fingerprint density at radius 1 is 1.60 bits per heavy atom. The summed E-state index contributed by atoms with van der Waals surface area (Å²) in [6, 6.07) is 0.208. The first-order valence-corrected chi connectivity index (χ1v) is 5.29. The van der Waals surface area contributed by atoms with Crippen molar-refractivity contribution in [2.75, 3.05) is 18.4 Å². The van der Waals surface area contributed by atoms with E-state index < -0.39 is 5.82 Å². The van der Waals surface area contributed by atoms with Crippen molar-refractivity contribution in [3.05, 3.63) is 17.3 Å². The van der Waals surface area contributed by atoms with E-state index in [4.69, 9.17) is 11.6 Å². The zero-order chi connectivity index (χ0) is 10.7. The third kappa shape index (κ3) is 2.76. The summed E-state index contributed by atoms with van der Waals surface area (Å²) in [6.07, 6.45) is 3.17. The molecule has 1 fully saturated rings. The van der Waals surface area contributed by atoms with Crippen molar-refractivity contribution in [1.82, 2.24) is 15.3 Å². The fourth-order valence-electron chi connectivity index (χ4n) is 1.62. The highest BCUT2D eigenvalue weighted by Crippen LogP contribution is 2.15. The molecular formula is C9H12ClFN4. The topological polar surface area (TPSA) is 49.8 Å². The molecule has 0 amide bonds. The molecule has 1 saturated heterocycles. The SMILES string of the molecule is Fc1cnc(Cl)nc1NC1CCCNC1. The van der Waals surface area contributed by atoms with Crippen molar-refractivity contribution in [2.45, 2.75) is 18.9 Å². The molecule has 1 atom stereocenters. The van der Waals surface area contributed by atoms with Gasteiger partial charge in [-0.15, -0.1) is 0 Å². The Morgan fingerprint density at radius 3 is 3.20 bits per heavy atom. The lowest BCUT2D eigenvalue weighted by Crippen LogP contribution is -2.38. The van der Waals surface area contributed by atoms with Gasteiger partial charge in [0.05, 0.1) is 6.20 Å². The van der Waals surface area contributed by atoms with Gasteiger partial charge in [-0.1, -0.05) is 0 Å². The summed E-state index contributed by atoms with van der Waals surface area (Å²) < 4.78 is 13.3. The molecule has 1 unspecified atom stereocenters. The Labute approximate surface area is 92.3 Å². The summed E-state index contributed by atoms with van der Waals surface area (Å²) >= 11 is 5.59. The lowest BCUT2D eigenvalue weighted by molar-refractivity contribution is 0.476. The molecule has 2 rings (SSSR count). The van der Waals surface area contributed by atoms with E-state index in [1.807, 2.05) is 0 Å². The minimum Gasteiger partial charge on any atom is -0.363 e. The second kappa shape index (κ2) is 4.72. The summed E-state index contributed by atoms with van der Waals surface area (Å²) in [6.45, 7) is 1.84. The Balaban J connectivity index is 2.05. The summed E-state index contributed by atoms with van der Waals surface area (Å²) in [5.74, 6) is -0.284. The monoisotopic (exact) mass is 230 g/mol. The average Bonchev–Trinajstić information content (AvgIpc) is 2.25. The fourth-order valence-corrected chi connectivity index (χ4v) is 1.75. The fraction of sp³-hybridized carbons (Fsp3) is 0.556. The van der Waals surface area contributed by atoms with Crippen molar-refractivity contribution >= 4 is 17.4 Å². The minimum atomic E-state index is -0.468. The van der Waals surface area contributed by atoms with Crippen LogP contribution in [0.4, 0.5) is 10.2 Å². The van der Waals surface area contributed by atoms with Crippen LogP contribution in [0.5, 0.6) is 0 Å². The molecule has 0 bridgehead atoms. The summed E-state index contributed by atoms with van der Waals surface area (Å²) in [5.41, 5.74) is 0. The van der Waals surface area contributed by atoms with Crippen LogP contribution in [0, 0.1) is 5.82 Å². The van der Waals surface area contributed by atoms with Gasteiger partial charge in [0.2, 0.25) is 5.28 Å². The third-order valence-corrected chi connectivity index (χ3v) is 2.53. The molecule has 1 aliphatic rings. The molecule has 0 aliphatic carbocycles. The van der Waals surface area contributed by atoms with Crippen LogP contribution < -0.4 is 10.6 Å². The van der Waals surface area contributed by atoms with E-state index in [0.29, 0.717) is 0 Å². The van der Waals surface area contributed by atoms with Crippen molar-refractivity contribution < 1.29 is 4.39 Å². The highest BCUT2D eigenvalue weighted by molar-refractivity contribution is 6.28. The Kier molecular flexibility index (Phi) is 3.33. The van der Waals surface area contributed by atoms with Gasteiger partial charge < -0.3 is 10.6 Å². The number of nitrogens with one attached hydrogen (secondary N) is 2. The van der Waals surface area contributed by atoms with Gasteiger partial charge in [0.25, 0.3) is 0 Å². The van der Waals surface area contributed by atoms with Gasteiger partial charge in [-0.2, -0.15) is 4.98 Å². The van der Waals surface area contributed by atoms with Crippen molar-refractivity contribution in [2.24, 2.45) is 0 Å². The number of anilines is 1. The number of rotatable bonds is 2. The average molecular weight is 231 g/mol. The van der Waals surface area contributed by atoms with Crippen molar-refractivity contribution in [3.63, 3.8) is 0 Å². The van der Waals surface area contributed by atoms with Gasteiger partial charge in [-0.3, -0.25) is 0 Å². The number of nitrogens with zero attached hydrogens (tertiary/aromatic N) is 2. The molecular weight excluding hydrogens is 219 g/mol. The molecule has 0 radical (unpaired) electrons. The molecule has 2 N–H and O–H groups in total. The predicted octanol–water partition coefficient (Wildman–Crippen LogP) is 1.43. The van der Waals surface area contributed by atoms with E-state index in [9.17, 15) is 4.39 Å². The molecule has 0 saturated carbocycles. The Bertz CT molecular complexity index is 341. The largest absolute Gasteiger partial charge is 0.363 e. The van der Waals surface area contributed by atoms with Gasteiger partial charge >= 0.3 is 0 Å². The molecule has 2 heterocycles. The molecule has 4 nitrogen and oxygen atoms in total. The summed E-state index contributed by atoms with van der Waals surface area (Å²) in [5, 5.41) is 6.30. The van der Waals surface area contributed by atoms with Gasteiger partial charge in [-0.05, 0) is 31.0 Å². The standard InChI is InChI=1S/C9H12ClFN4/c10-9-13-5-7(11)8(15-9)14-6-2-1-3-12-4-6/h5-6,12H,1-4H2,(H,13,14,15). The first kappa shape index (κ1) is 10.6. The number of aromatic nitrogens is 2. The van der Waals surface area contributed by atoms with E-state index in [1.54, 1.807) is 0 Å². The smallest absolute Gasteiger partial charge is 0.224 e. The first-order valence-electron chi connectivity index (χ1n) is 4.91. The second-order valence-corrected chi connectivity index (χ2v) is 3.86. The maximum absolute atomic E-state index is 13.3. The summed E-state index contributed by atoms with van der Waals surface area (Å²) in [4.78, 5) is 7.36. The highest BCUT2D eigenvalue weighted by atomic mass is 35.5. The summed E-state index contributed by atoms with van der Waals surface area (Å²) in [7, 11) is 0. The number of halogens is 2. The van der Waals surface area contributed by atoms with Crippen LogP contribution in [0.2, 0.25) is 5.28 Å². The molecule has 0 aromatic carbocycles. The molecule has 0 spiro atoms. The maximum Gasteiger partial charge on any atom is 0.224 e. The molecule has 1 aliphatic heterocycles.